The van der Waals surface area contributed by atoms with E-state index >= 15 is 0 Å². The molecule has 1 heterocycles. The van der Waals surface area contributed by atoms with E-state index in [-0.39, 0.29) is 0 Å². The number of alkyl halides is 6. The smallest absolute Gasteiger partial charge is 0.347 e. The molecule has 2 N–H and O–H groups in total. The van der Waals surface area contributed by atoms with Gasteiger partial charge < -0.3 is 4.98 Å². The molecule has 3 nitrogen and oxygen atoms in total. The second kappa shape index (κ2) is 4.67. The van der Waals surface area contributed by atoms with Crippen LogP contribution in [0.3, 0.4) is 0 Å². The van der Waals surface area contributed by atoms with Crippen molar-refractivity contribution < 1.29 is 30.7 Å². The van der Waals surface area contributed by atoms with E-state index in [1.54, 1.807) is 0 Å². The van der Waals surface area contributed by atoms with Gasteiger partial charge in [0.05, 0.1) is 11.9 Å². The Bertz CT molecular complexity index is 521. The molecular weight excluding hydrogens is 283 g/mol. The lowest BCUT2D eigenvalue weighted by Gasteiger charge is -2.10. The Morgan fingerprint density at radius 3 is 2.00 bits per heavy atom. The number of aromatic nitrogens is 1. The monoisotopic (exact) mass is 289 g/mol. The zero-order chi connectivity index (χ0) is 15.0. The minimum absolute atomic E-state index is 0.391. The Hall–Kier alpha value is -1.87. The maximum absolute atomic E-state index is 13.4. The van der Waals surface area contributed by atoms with Gasteiger partial charge in [0.15, 0.2) is 5.82 Å². The molecule has 0 bridgehead atoms. The zero-order valence-electron chi connectivity index (χ0n) is 9.17. The lowest BCUT2D eigenvalue weighted by molar-refractivity contribution is -0.165. The van der Waals surface area contributed by atoms with E-state index in [4.69, 9.17) is 5.41 Å². The van der Waals surface area contributed by atoms with Crippen LogP contribution in [-0.4, -0.2) is 17.0 Å². The molecule has 0 saturated carbocycles. The highest BCUT2D eigenvalue weighted by molar-refractivity contribution is 5.91. The maximum Gasteiger partial charge on any atom is 0.431 e. The molecule has 1 aromatic heterocycles. The van der Waals surface area contributed by atoms with E-state index in [0.29, 0.717) is 6.21 Å². The number of rotatable bonds is 1. The molecule has 0 radical (unpaired) electrons. The van der Waals surface area contributed by atoms with Gasteiger partial charge in [-0.2, -0.15) is 26.3 Å². The number of hydrogen-bond acceptors (Lipinski definition) is 1. The molecule has 0 unspecified atom stereocenters. The number of aromatic amines is 1. The van der Waals surface area contributed by atoms with Crippen LogP contribution in [0.15, 0.2) is 4.99 Å². The highest BCUT2D eigenvalue weighted by atomic mass is 19.4. The summed E-state index contributed by atoms with van der Waals surface area (Å²) >= 11 is 0. The molecule has 1 rings (SSSR count). The summed E-state index contributed by atoms with van der Waals surface area (Å²) in [6.07, 6.45) is -10.5. The molecular formula is C9H6F7N3. The molecule has 0 aromatic carbocycles. The Balaban J connectivity index is 3.49. The fraction of sp³-hybridized carbons (Fsp3) is 0.333. The summed E-state index contributed by atoms with van der Waals surface area (Å²) in [6.45, 7) is 1.12. The Morgan fingerprint density at radius 2 is 1.68 bits per heavy atom. The van der Waals surface area contributed by atoms with Crippen molar-refractivity contribution in [3.8, 4) is 0 Å². The van der Waals surface area contributed by atoms with Crippen LogP contribution in [0.5, 0.6) is 0 Å². The van der Waals surface area contributed by atoms with E-state index in [1.807, 2.05) is 0 Å². The van der Waals surface area contributed by atoms with E-state index in [9.17, 15) is 30.7 Å². The topological polar surface area (TPSA) is 52.0 Å². The average Bonchev–Trinajstić information content (AvgIpc) is 2.51. The number of amidine groups is 1. The third-order valence-electron chi connectivity index (χ3n) is 1.92. The van der Waals surface area contributed by atoms with Gasteiger partial charge in [-0.3, -0.25) is 5.41 Å². The first-order valence-electron chi connectivity index (χ1n) is 4.59. The van der Waals surface area contributed by atoms with Gasteiger partial charge in [-0.05, 0) is 6.92 Å². The number of aliphatic imine (C=N–C) groups is 1. The summed E-state index contributed by atoms with van der Waals surface area (Å²) in [5.41, 5.74) is -5.75. The molecule has 0 saturated heterocycles. The highest BCUT2D eigenvalue weighted by Crippen LogP contribution is 2.41. The van der Waals surface area contributed by atoms with Crippen LogP contribution in [-0.2, 0) is 12.4 Å². The second-order valence-corrected chi connectivity index (χ2v) is 3.44. The minimum atomic E-state index is -5.50. The first kappa shape index (κ1) is 15.2. The number of hydrogen-bond donors (Lipinski definition) is 2. The van der Waals surface area contributed by atoms with Gasteiger partial charge in [0.25, 0.3) is 0 Å². The number of nitrogens with zero attached hydrogens (tertiary/aromatic N) is 1. The van der Waals surface area contributed by atoms with E-state index in [0.717, 1.165) is 6.92 Å². The number of H-pyrrole nitrogens is 1. The third kappa shape index (κ3) is 3.32. The number of nitrogens with one attached hydrogen (secondary N) is 2. The average molecular weight is 289 g/mol. The van der Waals surface area contributed by atoms with Crippen LogP contribution in [0, 0.1) is 11.2 Å². The van der Waals surface area contributed by atoms with Crippen molar-refractivity contribution in [2.75, 3.05) is 0 Å². The summed E-state index contributed by atoms with van der Waals surface area (Å²) in [7, 11) is 0. The summed E-state index contributed by atoms with van der Waals surface area (Å²) in [5.74, 6) is -2.51. The van der Waals surface area contributed by atoms with E-state index in [2.05, 4.69) is 4.99 Å². The molecule has 0 aliphatic heterocycles. The quantitative estimate of drug-likeness (QED) is 0.451. The van der Waals surface area contributed by atoms with Crippen LogP contribution in [0.1, 0.15) is 23.9 Å². The Labute approximate surface area is 101 Å². The van der Waals surface area contributed by atoms with Crippen LogP contribution < -0.4 is 0 Å². The van der Waals surface area contributed by atoms with Gasteiger partial charge in [-0.1, -0.05) is 0 Å². The lowest BCUT2D eigenvalue weighted by Crippen LogP contribution is -2.16. The van der Waals surface area contributed by atoms with Crippen molar-refractivity contribution in [3.05, 3.63) is 22.8 Å². The lowest BCUT2D eigenvalue weighted by atomic mass is 10.2. The fourth-order valence-corrected chi connectivity index (χ4v) is 1.23. The molecule has 106 valence electrons. The summed E-state index contributed by atoms with van der Waals surface area (Å²) in [4.78, 5) is 4.41. The molecule has 10 heteroatoms. The minimum Gasteiger partial charge on any atom is -0.347 e. The van der Waals surface area contributed by atoms with Gasteiger partial charge >= 0.3 is 12.4 Å². The fourth-order valence-electron chi connectivity index (χ4n) is 1.23. The normalized spacial score (nSPS) is 13.3. The van der Waals surface area contributed by atoms with Gasteiger partial charge in [0, 0.05) is 0 Å². The van der Waals surface area contributed by atoms with Gasteiger partial charge in [0.1, 0.15) is 17.1 Å². The largest absolute Gasteiger partial charge is 0.431 e. The third-order valence-corrected chi connectivity index (χ3v) is 1.92. The van der Waals surface area contributed by atoms with Crippen molar-refractivity contribution in [1.29, 1.82) is 5.41 Å². The molecule has 0 amide bonds. The van der Waals surface area contributed by atoms with Crippen molar-refractivity contribution in [2.45, 2.75) is 19.3 Å². The second-order valence-electron chi connectivity index (χ2n) is 3.44. The summed E-state index contributed by atoms with van der Waals surface area (Å²) in [5, 5.41) is 6.84. The summed E-state index contributed by atoms with van der Waals surface area (Å²) < 4.78 is 87.7. The highest BCUT2D eigenvalue weighted by Gasteiger charge is 2.48. The molecule has 0 aliphatic rings. The standard InChI is InChI=1S/C9H6F7N3/c1-3(17)18-2-4-6(10)5(8(11,12)13)7(19-4)9(14,15)16/h2,17,19H,1H3/b17-3?,18-2-. The molecule has 1 aromatic rings. The van der Waals surface area contributed by atoms with Crippen molar-refractivity contribution in [1.82, 2.24) is 4.98 Å². The SMILES string of the molecule is CC(=N)/N=C\c1[nH]c(C(F)(F)F)c(C(F)(F)F)c1F. The number of halogens is 7. The Morgan fingerprint density at radius 1 is 1.16 bits per heavy atom. The van der Waals surface area contributed by atoms with E-state index in [1.165, 1.54) is 4.98 Å². The van der Waals surface area contributed by atoms with Crippen LogP contribution in [0.2, 0.25) is 0 Å². The van der Waals surface area contributed by atoms with Gasteiger partial charge in [0.2, 0.25) is 0 Å². The zero-order valence-corrected chi connectivity index (χ0v) is 9.17. The molecule has 0 spiro atoms. The first-order chi connectivity index (χ1) is 8.44. The van der Waals surface area contributed by atoms with Gasteiger partial charge in [-0.15, -0.1) is 0 Å². The van der Waals surface area contributed by atoms with Crippen molar-refractivity contribution >= 4 is 12.1 Å². The predicted octanol–water partition coefficient (Wildman–Crippen LogP) is 3.61. The Kier molecular flexibility index (Phi) is 3.73. The first-order valence-corrected chi connectivity index (χ1v) is 4.59. The van der Waals surface area contributed by atoms with Crippen molar-refractivity contribution in [3.63, 3.8) is 0 Å². The molecule has 0 fully saturated rings. The van der Waals surface area contributed by atoms with E-state index < -0.39 is 41.0 Å². The van der Waals surface area contributed by atoms with Crippen LogP contribution in [0.25, 0.3) is 0 Å². The van der Waals surface area contributed by atoms with Crippen LogP contribution >= 0.6 is 0 Å². The molecule has 0 aliphatic carbocycles. The van der Waals surface area contributed by atoms with Gasteiger partial charge in [-0.25, -0.2) is 9.38 Å². The van der Waals surface area contributed by atoms with Crippen molar-refractivity contribution in [2.24, 2.45) is 4.99 Å². The van der Waals surface area contributed by atoms with Crippen LogP contribution in [0.4, 0.5) is 30.7 Å². The molecule has 19 heavy (non-hydrogen) atoms. The summed E-state index contributed by atoms with van der Waals surface area (Å²) in [6, 6.07) is 0. The maximum atomic E-state index is 13.4. The predicted molar refractivity (Wildman–Crippen MR) is 51.7 cm³/mol. The molecule has 0 atom stereocenters.